The molecule has 0 saturated carbocycles. The average Bonchev–Trinajstić information content (AvgIpc) is 3.27. The predicted octanol–water partition coefficient (Wildman–Crippen LogP) is 3.41. The van der Waals surface area contributed by atoms with Crippen LogP contribution >= 0.6 is 23.1 Å². The van der Waals surface area contributed by atoms with Crippen molar-refractivity contribution in [3.8, 4) is 0 Å². The third-order valence-corrected chi connectivity index (χ3v) is 5.53. The van der Waals surface area contributed by atoms with Crippen molar-refractivity contribution < 1.29 is 0 Å². The molecule has 0 atom stereocenters. The highest BCUT2D eigenvalue weighted by Gasteiger charge is 2.11. The van der Waals surface area contributed by atoms with Crippen molar-refractivity contribution in [2.75, 3.05) is 0 Å². The van der Waals surface area contributed by atoms with Gasteiger partial charge in [-0.2, -0.15) is 0 Å². The van der Waals surface area contributed by atoms with E-state index in [2.05, 4.69) is 43.5 Å². The summed E-state index contributed by atoms with van der Waals surface area (Å²) in [5, 5.41) is 11.6. The molecule has 4 aromatic rings. The Bertz CT molecular complexity index is 890. The fraction of sp³-hybridized carbons (Fsp3) is 0.188. The molecule has 0 aliphatic rings. The highest BCUT2D eigenvalue weighted by Crippen LogP contribution is 2.22. The molecule has 0 aliphatic heterocycles. The van der Waals surface area contributed by atoms with Gasteiger partial charge in [0.1, 0.15) is 11.5 Å². The minimum absolute atomic E-state index is 0.784. The molecule has 0 spiro atoms. The van der Waals surface area contributed by atoms with Crippen LogP contribution in [-0.4, -0.2) is 24.1 Å². The minimum Gasteiger partial charge on any atom is -0.309 e. The Morgan fingerprint density at radius 2 is 2.13 bits per heavy atom. The molecule has 0 N–H and O–H groups in total. The molecule has 0 unspecified atom stereocenters. The number of thioether (sulfide) groups is 1. The summed E-state index contributed by atoms with van der Waals surface area (Å²) in [6.07, 6.45) is 4.90. The molecule has 0 aromatic carbocycles. The van der Waals surface area contributed by atoms with Gasteiger partial charge in [0.15, 0.2) is 5.16 Å². The van der Waals surface area contributed by atoms with E-state index in [0.717, 1.165) is 34.5 Å². The molecule has 0 bridgehead atoms. The van der Waals surface area contributed by atoms with Crippen molar-refractivity contribution in [1.29, 1.82) is 0 Å². The standard InChI is InChI=1S/C16H15N5S2/c1-20-15(9-13-5-4-8-22-13)18-19-16(20)23-11-12-10-21-7-3-2-6-14(21)17-12/h2-8,10H,9,11H2,1H3. The lowest BCUT2D eigenvalue weighted by Gasteiger charge is -2.01. The summed E-state index contributed by atoms with van der Waals surface area (Å²) in [4.78, 5) is 5.91. The summed E-state index contributed by atoms with van der Waals surface area (Å²) >= 11 is 3.41. The summed E-state index contributed by atoms with van der Waals surface area (Å²) in [6, 6.07) is 10.2. The number of imidazole rings is 1. The van der Waals surface area contributed by atoms with E-state index in [1.54, 1.807) is 23.1 Å². The highest BCUT2D eigenvalue weighted by molar-refractivity contribution is 7.98. The van der Waals surface area contributed by atoms with Crippen LogP contribution in [0, 0.1) is 0 Å². The Balaban J connectivity index is 1.47. The number of nitrogens with zero attached hydrogens (tertiary/aromatic N) is 5. The second kappa shape index (κ2) is 6.17. The monoisotopic (exact) mass is 341 g/mol. The van der Waals surface area contributed by atoms with Gasteiger partial charge < -0.3 is 8.97 Å². The topological polar surface area (TPSA) is 48.0 Å². The molecular weight excluding hydrogens is 326 g/mol. The quantitative estimate of drug-likeness (QED) is 0.522. The van der Waals surface area contributed by atoms with E-state index in [4.69, 9.17) is 0 Å². The van der Waals surface area contributed by atoms with Gasteiger partial charge in [-0.3, -0.25) is 0 Å². The molecule has 4 aromatic heterocycles. The number of hydrogen-bond acceptors (Lipinski definition) is 5. The maximum absolute atomic E-state index is 4.61. The first-order chi connectivity index (χ1) is 11.3. The van der Waals surface area contributed by atoms with Crippen LogP contribution < -0.4 is 0 Å². The summed E-state index contributed by atoms with van der Waals surface area (Å²) in [7, 11) is 2.02. The Labute approximate surface area is 142 Å². The molecule has 7 heteroatoms. The lowest BCUT2D eigenvalue weighted by atomic mass is 10.3. The number of fused-ring (bicyclic) bond motifs is 1. The van der Waals surface area contributed by atoms with Crippen LogP contribution in [0.2, 0.25) is 0 Å². The molecule has 0 saturated heterocycles. The van der Waals surface area contributed by atoms with Crippen molar-refractivity contribution in [3.63, 3.8) is 0 Å². The number of thiophene rings is 1. The maximum Gasteiger partial charge on any atom is 0.191 e. The van der Waals surface area contributed by atoms with E-state index in [1.165, 1.54) is 4.88 Å². The maximum atomic E-state index is 4.61. The van der Waals surface area contributed by atoms with Crippen LogP contribution in [0.5, 0.6) is 0 Å². The fourth-order valence-electron chi connectivity index (χ4n) is 2.39. The van der Waals surface area contributed by atoms with Gasteiger partial charge in [0.25, 0.3) is 0 Å². The Morgan fingerprint density at radius 1 is 1.17 bits per heavy atom. The summed E-state index contributed by atoms with van der Waals surface area (Å²) in [5.41, 5.74) is 2.02. The van der Waals surface area contributed by atoms with Crippen LogP contribution in [0.15, 0.2) is 53.3 Å². The molecule has 0 aliphatic carbocycles. The number of hydrogen-bond donors (Lipinski definition) is 0. The molecule has 4 heterocycles. The molecule has 5 nitrogen and oxygen atoms in total. The predicted molar refractivity (Wildman–Crippen MR) is 92.9 cm³/mol. The minimum atomic E-state index is 0.784. The molecule has 23 heavy (non-hydrogen) atoms. The Hall–Kier alpha value is -2.12. The van der Waals surface area contributed by atoms with E-state index in [9.17, 15) is 0 Å². The molecule has 0 fully saturated rings. The van der Waals surface area contributed by atoms with Gasteiger partial charge >= 0.3 is 0 Å². The largest absolute Gasteiger partial charge is 0.309 e. The van der Waals surface area contributed by atoms with Crippen molar-refractivity contribution in [2.45, 2.75) is 17.3 Å². The zero-order chi connectivity index (χ0) is 15.6. The first-order valence-electron chi connectivity index (χ1n) is 7.25. The Morgan fingerprint density at radius 3 is 2.96 bits per heavy atom. The summed E-state index contributed by atoms with van der Waals surface area (Å²) in [5.74, 6) is 1.78. The Kier molecular flexibility index (Phi) is 3.88. The van der Waals surface area contributed by atoms with Gasteiger partial charge in [0.05, 0.1) is 5.69 Å². The van der Waals surface area contributed by atoms with Crippen LogP contribution in [0.1, 0.15) is 16.4 Å². The van der Waals surface area contributed by atoms with Gasteiger partial charge in [-0.05, 0) is 23.6 Å². The fourth-order valence-corrected chi connectivity index (χ4v) is 3.90. The van der Waals surface area contributed by atoms with Gasteiger partial charge in [0.2, 0.25) is 0 Å². The van der Waals surface area contributed by atoms with E-state index in [1.807, 2.05) is 35.8 Å². The van der Waals surface area contributed by atoms with Crippen LogP contribution in [-0.2, 0) is 19.2 Å². The first-order valence-corrected chi connectivity index (χ1v) is 9.12. The van der Waals surface area contributed by atoms with Gasteiger partial charge in [-0.25, -0.2) is 4.98 Å². The average molecular weight is 341 g/mol. The third-order valence-electron chi connectivity index (χ3n) is 3.60. The molecule has 0 radical (unpaired) electrons. The van der Waals surface area contributed by atoms with Crippen LogP contribution in [0.3, 0.4) is 0 Å². The van der Waals surface area contributed by atoms with E-state index < -0.39 is 0 Å². The van der Waals surface area contributed by atoms with Crippen LogP contribution in [0.4, 0.5) is 0 Å². The lowest BCUT2D eigenvalue weighted by molar-refractivity contribution is 0.750. The van der Waals surface area contributed by atoms with Crippen molar-refractivity contribution in [3.05, 3.63) is 64.5 Å². The SMILES string of the molecule is Cn1c(Cc2cccs2)nnc1SCc1cn2ccccc2n1. The normalized spacial score (nSPS) is 11.3. The van der Waals surface area contributed by atoms with Crippen molar-refractivity contribution >= 4 is 28.7 Å². The second-order valence-corrected chi connectivity index (χ2v) is 7.18. The molecule has 116 valence electrons. The first kappa shape index (κ1) is 14.5. The third kappa shape index (κ3) is 3.02. The second-order valence-electron chi connectivity index (χ2n) is 5.20. The van der Waals surface area contributed by atoms with Crippen molar-refractivity contribution in [1.82, 2.24) is 24.1 Å². The molecule has 4 rings (SSSR count). The summed E-state index contributed by atoms with van der Waals surface area (Å²) in [6.45, 7) is 0. The lowest BCUT2D eigenvalue weighted by Crippen LogP contribution is -1.99. The highest BCUT2D eigenvalue weighted by atomic mass is 32.2. The number of pyridine rings is 1. The van der Waals surface area contributed by atoms with E-state index in [0.29, 0.717) is 0 Å². The zero-order valence-corrected chi connectivity index (χ0v) is 14.2. The number of rotatable bonds is 5. The van der Waals surface area contributed by atoms with Crippen LogP contribution in [0.25, 0.3) is 5.65 Å². The molecular formula is C16H15N5S2. The van der Waals surface area contributed by atoms with E-state index in [-0.39, 0.29) is 0 Å². The van der Waals surface area contributed by atoms with E-state index >= 15 is 0 Å². The van der Waals surface area contributed by atoms with Gasteiger partial charge in [-0.15, -0.1) is 21.5 Å². The summed E-state index contributed by atoms with van der Waals surface area (Å²) < 4.78 is 4.11. The number of aromatic nitrogens is 5. The smallest absolute Gasteiger partial charge is 0.191 e. The molecule has 0 amide bonds. The van der Waals surface area contributed by atoms with Gasteiger partial charge in [-0.1, -0.05) is 23.9 Å². The van der Waals surface area contributed by atoms with Crippen molar-refractivity contribution in [2.24, 2.45) is 7.05 Å². The van der Waals surface area contributed by atoms with Gasteiger partial charge in [0, 0.05) is 36.5 Å². The zero-order valence-electron chi connectivity index (χ0n) is 12.6.